The summed E-state index contributed by atoms with van der Waals surface area (Å²) in [4.78, 5) is 12.5. The Balaban J connectivity index is 1.37. The molecule has 1 atom stereocenters. The number of thioether (sulfide) groups is 1. The van der Waals surface area contributed by atoms with E-state index in [2.05, 4.69) is 44.3 Å². The van der Waals surface area contributed by atoms with E-state index in [-0.39, 0.29) is 11.9 Å². The first-order chi connectivity index (χ1) is 12.3. The number of aryl methyl sites for hydroxylation is 2. The van der Waals surface area contributed by atoms with E-state index in [1.165, 1.54) is 42.2 Å². The van der Waals surface area contributed by atoms with Crippen molar-refractivity contribution in [2.75, 3.05) is 5.75 Å². The molecular weight excluding hydrogens is 332 g/mol. The van der Waals surface area contributed by atoms with Gasteiger partial charge in [-0.25, -0.2) is 0 Å². The summed E-state index contributed by atoms with van der Waals surface area (Å²) in [5.74, 6) is 1.55. The van der Waals surface area contributed by atoms with Gasteiger partial charge in [-0.2, -0.15) is 0 Å². The predicted molar refractivity (Wildman–Crippen MR) is 98.6 cm³/mol. The number of nitrogens with zero attached hydrogens (tertiary/aromatic N) is 3. The number of nitrogens with one attached hydrogen (secondary N) is 1. The summed E-state index contributed by atoms with van der Waals surface area (Å²) in [5, 5.41) is 12.7. The summed E-state index contributed by atoms with van der Waals surface area (Å²) in [7, 11) is 0. The Bertz CT molecular complexity index is 758. The van der Waals surface area contributed by atoms with Crippen LogP contribution in [0.5, 0.6) is 0 Å². The molecule has 5 nitrogen and oxygen atoms in total. The number of hydrogen-bond donors (Lipinski definition) is 1. The smallest absolute Gasteiger partial charge is 0.230 e. The Hall–Kier alpha value is -1.82. The van der Waals surface area contributed by atoms with Crippen LogP contribution in [0.15, 0.2) is 29.4 Å². The summed E-state index contributed by atoms with van der Waals surface area (Å²) >= 11 is 1.51. The second-order valence-electron chi connectivity index (χ2n) is 6.86. The number of aromatic nitrogens is 3. The Morgan fingerprint density at radius 3 is 3.04 bits per heavy atom. The molecule has 0 radical (unpaired) electrons. The number of carbonyl (C=O) groups excluding carboxylic acids is 1. The molecule has 0 unspecified atom stereocenters. The molecule has 132 valence electrons. The highest BCUT2D eigenvalue weighted by Gasteiger charge is 2.22. The van der Waals surface area contributed by atoms with Crippen LogP contribution in [0.4, 0.5) is 0 Å². The zero-order valence-electron chi connectivity index (χ0n) is 14.4. The average Bonchev–Trinajstić information content (AvgIpc) is 2.86. The van der Waals surface area contributed by atoms with Crippen LogP contribution in [-0.4, -0.2) is 26.4 Å². The number of fused-ring (bicyclic) bond motifs is 2. The van der Waals surface area contributed by atoms with E-state index in [9.17, 15) is 4.79 Å². The van der Waals surface area contributed by atoms with E-state index >= 15 is 0 Å². The second kappa shape index (κ2) is 7.60. The minimum absolute atomic E-state index is 0.0812. The number of carbonyl (C=O) groups is 1. The Labute approximate surface area is 152 Å². The van der Waals surface area contributed by atoms with Gasteiger partial charge in [0.2, 0.25) is 5.91 Å². The maximum absolute atomic E-state index is 12.5. The fraction of sp³-hybridized carbons (Fsp3) is 0.526. The zero-order chi connectivity index (χ0) is 17.1. The minimum Gasteiger partial charge on any atom is -0.349 e. The van der Waals surface area contributed by atoms with Gasteiger partial charge < -0.3 is 9.88 Å². The van der Waals surface area contributed by atoms with E-state index in [1.807, 2.05) is 0 Å². The zero-order valence-corrected chi connectivity index (χ0v) is 15.2. The van der Waals surface area contributed by atoms with E-state index in [4.69, 9.17) is 0 Å². The monoisotopic (exact) mass is 356 g/mol. The topological polar surface area (TPSA) is 59.8 Å². The number of hydrogen-bond acceptors (Lipinski definition) is 4. The lowest BCUT2D eigenvalue weighted by molar-refractivity contribution is -0.119. The molecule has 4 rings (SSSR count). The number of amides is 1. The maximum Gasteiger partial charge on any atom is 0.230 e. The third-order valence-corrected chi connectivity index (χ3v) is 6.08. The van der Waals surface area contributed by atoms with Gasteiger partial charge in [0.25, 0.3) is 0 Å². The van der Waals surface area contributed by atoms with Crippen LogP contribution in [0.3, 0.4) is 0 Å². The maximum atomic E-state index is 12.5. The highest BCUT2D eigenvalue weighted by molar-refractivity contribution is 7.99. The molecule has 1 amide bonds. The van der Waals surface area contributed by atoms with E-state index in [1.54, 1.807) is 0 Å². The normalized spacial score (nSPS) is 19.6. The molecule has 1 N–H and O–H groups in total. The van der Waals surface area contributed by atoms with Gasteiger partial charge in [0.15, 0.2) is 5.16 Å². The number of rotatable bonds is 4. The van der Waals surface area contributed by atoms with Gasteiger partial charge in [-0.05, 0) is 43.2 Å². The summed E-state index contributed by atoms with van der Waals surface area (Å²) < 4.78 is 2.20. The highest BCUT2D eigenvalue weighted by Crippen LogP contribution is 2.29. The molecule has 1 aliphatic carbocycles. The van der Waals surface area contributed by atoms with Gasteiger partial charge in [-0.15, -0.1) is 10.2 Å². The van der Waals surface area contributed by atoms with Gasteiger partial charge in [-0.1, -0.05) is 42.4 Å². The lowest BCUT2D eigenvalue weighted by Crippen LogP contribution is -2.32. The molecule has 2 aromatic rings. The molecule has 0 saturated carbocycles. The molecule has 0 spiro atoms. The van der Waals surface area contributed by atoms with Crippen molar-refractivity contribution in [3.8, 4) is 0 Å². The molecule has 0 fully saturated rings. The third kappa shape index (κ3) is 3.73. The standard InChI is InChI=1S/C19H24N4OS/c24-18(20-16-10-6-8-14-7-3-4-9-15(14)16)13-25-19-22-21-17-11-2-1-5-12-23(17)19/h3-4,7,9,16H,1-2,5-6,8,10-13H2,(H,20,24)/t16-/m0/s1. The van der Waals surface area contributed by atoms with Crippen molar-refractivity contribution in [1.82, 2.24) is 20.1 Å². The average molecular weight is 356 g/mol. The van der Waals surface area contributed by atoms with Crippen LogP contribution >= 0.6 is 11.8 Å². The van der Waals surface area contributed by atoms with Crippen LogP contribution in [0, 0.1) is 0 Å². The molecule has 1 aliphatic heterocycles. The van der Waals surface area contributed by atoms with Crippen LogP contribution < -0.4 is 5.32 Å². The fourth-order valence-corrected chi connectivity index (χ4v) is 4.63. The van der Waals surface area contributed by atoms with E-state index in [0.29, 0.717) is 5.75 Å². The molecule has 2 heterocycles. The minimum atomic E-state index is 0.0812. The van der Waals surface area contributed by atoms with Gasteiger partial charge in [-0.3, -0.25) is 4.79 Å². The summed E-state index contributed by atoms with van der Waals surface area (Å²) in [6.07, 6.45) is 7.87. The molecule has 2 aliphatic rings. The summed E-state index contributed by atoms with van der Waals surface area (Å²) in [5.41, 5.74) is 2.65. The third-order valence-electron chi connectivity index (χ3n) is 5.11. The largest absolute Gasteiger partial charge is 0.349 e. The van der Waals surface area contributed by atoms with Crippen LogP contribution in [0.25, 0.3) is 0 Å². The van der Waals surface area contributed by atoms with Crippen molar-refractivity contribution in [3.63, 3.8) is 0 Å². The number of benzene rings is 1. The Kier molecular flexibility index (Phi) is 5.06. The van der Waals surface area contributed by atoms with Crippen molar-refractivity contribution in [2.24, 2.45) is 0 Å². The Morgan fingerprint density at radius 2 is 2.08 bits per heavy atom. The molecule has 6 heteroatoms. The Morgan fingerprint density at radius 1 is 1.16 bits per heavy atom. The van der Waals surface area contributed by atoms with Gasteiger partial charge in [0, 0.05) is 13.0 Å². The second-order valence-corrected chi connectivity index (χ2v) is 7.80. The van der Waals surface area contributed by atoms with Crippen molar-refractivity contribution in [2.45, 2.75) is 62.7 Å². The van der Waals surface area contributed by atoms with Crippen molar-refractivity contribution >= 4 is 17.7 Å². The molecular formula is C19H24N4OS. The summed E-state index contributed by atoms with van der Waals surface area (Å²) in [6, 6.07) is 8.60. The molecule has 1 aromatic carbocycles. The summed E-state index contributed by atoms with van der Waals surface area (Å²) in [6.45, 7) is 0.974. The van der Waals surface area contributed by atoms with Gasteiger partial charge in [0.1, 0.15) is 5.82 Å². The SMILES string of the molecule is O=C(CSc1nnc2n1CCCCC2)N[C@H]1CCCc2ccccc21. The van der Waals surface area contributed by atoms with Crippen LogP contribution in [0.1, 0.15) is 55.1 Å². The van der Waals surface area contributed by atoms with Gasteiger partial charge >= 0.3 is 0 Å². The van der Waals surface area contributed by atoms with Crippen molar-refractivity contribution in [1.29, 1.82) is 0 Å². The van der Waals surface area contributed by atoms with E-state index in [0.717, 1.165) is 43.2 Å². The first-order valence-corrected chi connectivity index (χ1v) is 10.2. The molecule has 0 bridgehead atoms. The first kappa shape index (κ1) is 16.6. The van der Waals surface area contributed by atoms with Crippen LogP contribution in [-0.2, 0) is 24.2 Å². The quantitative estimate of drug-likeness (QED) is 0.854. The highest BCUT2D eigenvalue weighted by atomic mass is 32.2. The van der Waals surface area contributed by atoms with Gasteiger partial charge in [0.05, 0.1) is 11.8 Å². The fourth-order valence-electron chi connectivity index (χ4n) is 3.84. The lowest BCUT2D eigenvalue weighted by Gasteiger charge is -2.26. The molecule has 25 heavy (non-hydrogen) atoms. The molecule has 0 saturated heterocycles. The van der Waals surface area contributed by atoms with Crippen LogP contribution in [0.2, 0.25) is 0 Å². The predicted octanol–water partition coefficient (Wildman–Crippen LogP) is 3.29. The first-order valence-electron chi connectivity index (χ1n) is 9.23. The lowest BCUT2D eigenvalue weighted by atomic mass is 9.88. The van der Waals surface area contributed by atoms with Crippen molar-refractivity contribution < 1.29 is 4.79 Å². The molecule has 1 aromatic heterocycles. The van der Waals surface area contributed by atoms with Crippen molar-refractivity contribution in [3.05, 3.63) is 41.2 Å². The van der Waals surface area contributed by atoms with E-state index < -0.39 is 0 Å².